The van der Waals surface area contributed by atoms with Gasteiger partial charge in [-0.1, -0.05) is 24.3 Å². The fourth-order valence-corrected chi connectivity index (χ4v) is 4.20. The normalized spacial score (nSPS) is 15.1. The minimum Gasteiger partial charge on any atom is -0.493 e. The molecule has 0 aliphatic carbocycles. The Balaban J connectivity index is 1.77. The zero-order valence-electron chi connectivity index (χ0n) is 18.5. The highest BCUT2D eigenvalue weighted by Gasteiger charge is 2.44. The van der Waals surface area contributed by atoms with Crippen molar-refractivity contribution in [3.8, 4) is 11.5 Å². The molecular weight excluding hydrogens is 420 g/mol. The Morgan fingerprint density at radius 1 is 1.06 bits per heavy atom. The average molecular weight is 442 g/mol. The molecule has 2 aromatic heterocycles. The molecule has 3 heterocycles. The molecule has 4 aromatic rings. The van der Waals surface area contributed by atoms with Crippen molar-refractivity contribution < 1.29 is 18.7 Å². The van der Waals surface area contributed by atoms with Crippen LogP contribution in [-0.2, 0) is 0 Å². The molecule has 0 fully saturated rings. The maximum Gasteiger partial charge on any atom is 0.296 e. The van der Waals surface area contributed by atoms with Crippen molar-refractivity contribution in [2.45, 2.75) is 19.9 Å². The van der Waals surface area contributed by atoms with Crippen LogP contribution in [0.4, 0.5) is 5.82 Å². The third-order valence-corrected chi connectivity index (χ3v) is 5.72. The molecule has 0 bridgehead atoms. The fraction of sp³-hybridized carbons (Fsp3) is 0.192. The Bertz CT molecular complexity index is 1430. The number of carbonyl (C=O) groups is 1. The van der Waals surface area contributed by atoms with Crippen molar-refractivity contribution in [3.63, 3.8) is 0 Å². The van der Waals surface area contributed by atoms with Crippen molar-refractivity contribution in [3.05, 3.63) is 93.5 Å². The molecule has 0 spiro atoms. The summed E-state index contributed by atoms with van der Waals surface area (Å²) >= 11 is 0. The molecule has 7 heteroatoms. The number of methoxy groups -OCH3 is 1. The lowest BCUT2D eigenvalue weighted by molar-refractivity contribution is 0.0970. The van der Waals surface area contributed by atoms with Crippen LogP contribution in [0.5, 0.6) is 11.5 Å². The Hall–Kier alpha value is -4.13. The minimum atomic E-state index is -0.729. The summed E-state index contributed by atoms with van der Waals surface area (Å²) in [6.07, 6.45) is 1.69. The zero-order valence-corrected chi connectivity index (χ0v) is 18.5. The third kappa shape index (κ3) is 3.33. The summed E-state index contributed by atoms with van der Waals surface area (Å²) in [7, 11) is 1.55. The number of aryl methyl sites for hydroxylation is 1. The lowest BCUT2D eigenvalue weighted by Gasteiger charge is -2.25. The van der Waals surface area contributed by atoms with Crippen molar-refractivity contribution in [2.75, 3.05) is 18.6 Å². The first-order chi connectivity index (χ1) is 16.0. The quantitative estimate of drug-likeness (QED) is 0.447. The molecule has 5 rings (SSSR count). The number of pyridine rings is 1. The summed E-state index contributed by atoms with van der Waals surface area (Å²) in [5, 5.41) is 0.422. The Kier molecular flexibility index (Phi) is 5.09. The number of hydrogen-bond acceptors (Lipinski definition) is 6. The molecule has 166 valence electrons. The maximum atomic E-state index is 13.6. The molecule has 0 radical (unpaired) electrons. The van der Waals surface area contributed by atoms with Crippen LogP contribution >= 0.6 is 0 Å². The molecule has 0 saturated carbocycles. The van der Waals surface area contributed by atoms with Crippen LogP contribution in [0.3, 0.4) is 0 Å². The first-order valence-corrected chi connectivity index (χ1v) is 10.7. The molecule has 0 saturated heterocycles. The number of anilines is 1. The van der Waals surface area contributed by atoms with Gasteiger partial charge >= 0.3 is 0 Å². The molecule has 2 aromatic carbocycles. The van der Waals surface area contributed by atoms with E-state index in [1.54, 1.807) is 55.8 Å². The summed E-state index contributed by atoms with van der Waals surface area (Å²) in [5.41, 5.74) is 2.06. The van der Waals surface area contributed by atoms with Gasteiger partial charge < -0.3 is 13.9 Å². The molecule has 1 aliphatic rings. The summed E-state index contributed by atoms with van der Waals surface area (Å²) in [6, 6.07) is 15.2. The van der Waals surface area contributed by atoms with Crippen molar-refractivity contribution in [2.24, 2.45) is 0 Å². The molecule has 1 amide bonds. The number of benzene rings is 2. The van der Waals surface area contributed by atoms with Crippen molar-refractivity contribution in [1.29, 1.82) is 0 Å². The number of amides is 1. The Morgan fingerprint density at radius 2 is 1.88 bits per heavy atom. The smallest absolute Gasteiger partial charge is 0.296 e. The van der Waals surface area contributed by atoms with Gasteiger partial charge in [-0.2, -0.15) is 0 Å². The van der Waals surface area contributed by atoms with Crippen LogP contribution < -0.4 is 19.8 Å². The van der Waals surface area contributed by atoms with Gasteiger partial charge in [0.2, 0.25) is 5.76 Å². The lowest BCUT2D eigenvalue weighted by Crippen LogP contribution is -2.30. The van der Waals surface area contributed by atoms with Crippen LogP contribution in [-0.4, -0.2) is 24.6 Å². The van der Waals surface area contributed by atoms with E-state index in [0.29, 0.717) is 40.5 Å². The second-order valence-electron chi connectivity index (χ2n) is 7.78. The van der Waals surface area contributed by atoms with E-state index in [1.165, 1.54) is 4.90 Å². The van der Waals surface area contributed by atoms with Crippen molar-refractivity contribution in [1.82, 2.24) is 4.98 Å². The van der Waals surface area contributed by atoms with Gasteiger partial charge in [0.05, 0.1) is 30.7 Å². The van der Waals surface area contributed by atoms with Crippen LogP contribution in [0.25, 0.3) is 11.0 Å². The SMILES string of the molecule is CCOc1ccc([C@@H]2c3c(oc4ccccc4c3=O)C(=O)N2c2ccc(C)cn2)cc1OC. The van der Waals surface area contributed by atoms with Gasteiger partial charge in [0.1, 0.15) is 11.4 Å². The Morgan fingerprint density at radius 3 is 2.61 bits per heavy atom. The van der Waals surface area contributed by atoms with Gasteiger partial charge in [-0.05, 0) is 55.3 Å². The molecule has 0 unspecified atom stereocenters. The van der Waals surface area contributed by atoms with E-state index < -0.39 is 11.9 Å². The summed E-state index contributed by atoms with van der Waals surface area (Å²) in [5.74, 6) is 1.13. The number of nitrogens with zero attached hydrogens (tertiary/aromatic N) is 2. The molecule has 1 atom stereocenters. The topological polar surface area (TPSA) is 81.9 Å². The number of aromatic nitrogens is 1. The van der Waals surface area contributed by atoms with Crippen molar-refractivity contribution >= 4 is 22.7 Å². The molecule has 0 N–H and O–H groups in total. The van der Waals surface area contributed by atoms with Gasteiger partial charge in [-0.25, -0.2) is 4.98 Å². The van der Waals surface area contributed by atoms with E-state index in [-0.39, 0.29) is 16.8 Å². The van der Waals surface area contributed by atoms with Crippen LogP contribution in [0, 0.1) is 6.92 Å². The monoisotopic (exact) mass is 442 g/mol. The molecule has 1 aliphatic heterocycles. The largest absolute Gasteiger partial charge is 0.493 e. The predicted octanol–water partition coefficient (Wildman–Crippen LogP) is 4.65. The number of para-hydroxylation sites is 1. The van der Waals surface area contributed by atoms with E-state index >= 15 is 0 Å². The molecule has 7 nitrogen and oxygen atoms in total. The molecular formula is C26H22N2O5. The first kappa shape index (κ1) is 20.8. The Labute approximate surface area is 190 Å². The number of fused-ring (bicyclic) bond motifs is 2. The van der Waals surface area contributed by atoms with Crippen LogP contribution in [0.15, 0.2) is 70.0 Å². The van der Waals surface area contributed by atoms with Gasteiger partial charge in [0, 0.05) is 6.20 Å². The fourth-order valence-electron chi connectivity index (χ4n) is 4.20. The van der Waals surface area contributed by atoms with Gasteiger partial charge in [-0.3, -0.25) is 14.5 Å². The second-order valence-corrected chi connectivity index (χ2v) is 7.78. The summed E-state index contributed by atoms with van der Waals surface area (Å²) < 4.78 is 17.1. The summed E-state index contributed by atoms with van der Waals surface area (Å²) in [6.45, 7) is 4.29. The third-order valence-electron chi connectivity index (χ3n) is 5.72. The number of rotatable bonds is 5. The number of hydrogen-bond donors (Lipinski definition) is 0. The highest BCUT2D eigenvalue weighted by atomic mass is 16.5. The highest BCUT2D eigenvalue weighted by Crippen LogP contribution is 2.42. The predicted molar refractivity (Wildman–Crippen MR) is 124 cm³/mol. The van der Waals surface area contributed by atoms with Gasteiger partial charge in [0.15, 0.2) is 16.9 Å². The standard InChI is InChI=1S/C26H22N2O5/c1-4-32-19-11-10-16(13-20(19)31-3)23-22-24(29)17-7-5-6-8-18(17)33-25(22)26(30)28(23)21-12-9-15(2)14-27-21/h5-14,23H,4H2,1-3H3/t23-/m1/s1. The van der Waals surface area contributed by atoms with Crippen LogP contribution in [0.2, 0.25) is 0 Å². The lowest BCUT2D eigenvalue weighted by atomic mass is 9.98. The van der Waals surface area contributed by atoms with E-state index in [1.807, 2.05) is 26.0 Å². The van der Waals surface area contributed by atoms with E-state index in [4.69, 9.17) is 13.9 Å². The van der Waals surface area contributed by atoms with Gasteiger partial charge in [0.25, 0.3) is 5.91 Å². The number of carbonyl (C=O) groups excluding carboxylic acids is 1. The van der Waals surface area contributed by atoms with E-state index in [0.717, 1.165) is 5.56 Å². The average Bonchev–Trinajstić information content (AvgIpc) is 3.13. The second kappa shape index (κ2) is 8.09. The van der Waals surface area contributed by atoms with E-state index in [9.17, 15) is 9.59 Å². The summed E-state index contributed by atoms with van der Waals surface area (Å²) in [4.78, 5) is 33.1. The maximum absolute atomic E-state index is 13.6. The van der Waals surface area contributed by atoms with E-state index in [2.05, 4.69) is 4.98 Å². The highest BCUT2D eigenvalue weighted by molar-refractivity contribution is 6.10. The first-order valence-electron chi connectivity index (χ1n) is 10.7. The zero-order chi connectivity index (χ0) is 23.1. The van der Waals surface area contributed by atoms with Gasteiger partial charge in [-0.15, -0.1) is 0 Å². The van der Waals surface area contributed by atoms with Crippen LogP contribution in [0.1, 0.15) is 40.2 Å². The number of ether oxygens (including phenoxy) is 2. The minimum absolute atomic E-state index is 0.0268. The molecule has 33 heavy (non-hydrogen) atoms.